The number of hydrogen-bond donors (Lipinski definition) is 7. The smallest absolute Gasteiger partial charge is 0.331 e. The van der Waals surface area contributed by atoms with Crippen molar-refractivity contribution in [3.05, 3.63) is 54.1 Å². The van der Waals surface area contributed by atoms with E-state index in [0.29, 0.717) is 25.7 Å². The molecule has 1 aromatic carbocycles. The van der Waals surface area contributed by atoms with Gasteiger partial charge in [-0.2, -0.15) is 0 Å². The molecule has 0 unspecified atom stereocenters. The van der Waals surface area contributed by atoms with Gasteiger partial charge in [-0.25, -0.2) is 4.79 Å². The van der Waals surface area contributed by atoms with Crippen LogP contribution in [0.25, 0.3) is 6.08 Å². The Morgan fingerprint density at radius 3 is 1.73 bits per heavy atom. The van der Waals surface area contributed by atoms with E-state index in [1.807, 2.05) is 58.0 Å². The van der Waals surface area contributed by atoms with Crippen LogP contribution in [-0.2, 0) is 66.4 Å². The normalized spacial score (nSPS) is 50.4. The van der Waals surface area contributed by atoms with Gasteiger partial charge >= 0.3 is 5.97 Å². The van der Waals surface area contributed by atoms with Gasteiger partial charge in [-0.3, -0.25) is 0 Å². The van der Waals surface area contributed by atoms with E-state index in [-0.39, 0.29) is 32.1 Å². The number of ether oxygens (including phenoxy) is 13. The van der Waals surface area contributed by atoms with Crippen LogP contribution in [0.1, 0.15) is 112 Å². The molecule has 4 heterocycles. The summed E-state index contributed by atoms with van der Waals surface area (Å²) in [7, 11) is 6.18. The predicted octanol–water partition coefficient (Wildman–Crippen LogP) is 2.97. The second-order valence-corrected chi connectivity index (χ2v) is 24.2. The zero-order valence-corrected chi connectivity index (χ0v) is 47.5. The monoisotopic (exact) mass is 1120 g/mol. The Morgan fingerprint density at radius 2 is 1.20 bits per heavy atom. The molecule has 7 N–H and O–H groups in total. The van der Waals surface area contributed by atoms with Crippen LogP contribution in [0, 0.1) is 16.7 Å². The van der Waals surface area contributed by atoms with Gasteiger partial charge in [0.25, 0.3) is 0 Å². The fourth-order valence-corrected chi connectivity index (χ4v) is 15.2. The Labute approximate surface area is 463 Å². The summed E-state index contributed by atoms with van der Waals surface area (Å²) in [5.74, 6) is -1.58. The first-order valence-corrected chi connectivity index (χ1v) is 28.3. The van der Waals surface area contributed by atoms with E-state index in [4.69, 9.17) is 61.6 Å². The molecule has 4 aliphatic carbocycles. The van der Waals surface area contributed by atoms with Gasteiger partial charge in [-0.05, 0) is 78.4 Å². The van der Waals surface area contributed by atoms with E-state index < -0.39 is 168 Å². The number of benzene rings is 1. The second-order valence-electron chi connectivity index (χ2n) is 24.2. The van der Waals surface area contributed by atoms with Crippen LogP contribution in [-0.4, -0.2) is 215 Å². The Kier molecular flexibility index (Phi) is 18.1. The summed E-state index contributed by atoms with van der Waals surface area (Å²) in [6.07, 6.45) is -7.51. The Balaban J connectivity index is 0.821. The van der Waals surface area contributed by atoms with Crippen LogP contribution in [0.2, 0.25) is 0 Å². The number of methoxy groups -OCH3 is 4. The molecular formula is C58H88O21. The zero-order valence-electron chi connectivity index (χ0n) is 47.5. The number of hydrogen-bond acceptors (Lipinski definition) is 21. The highest BCUT2D eigenvalue weighted by Gasteiger charge is 2.82. The summed E-state index contributed by atoms with van der Waals surface area (Å²) >= 11 is 0. The number of aliphatic hydroxyl groups excluding tert-OH is 3. The third-order valence-corrected chi connectivity index (χ3v) is 20.0. The van der Waals surface area contributed by atoms with Crippen LogP contribution in [0.3, 0.4) is 0 Å². The number of esters is 1. The summed E-state index contributed by atoms with van der Waals surface area (Å²) in [6.45, 7) is 12.2. The first-order valence-electron chi connectivity index (χ1n) is 28.3. The molecule has 3 saturated carbocycles. The summed E-state index contributed by atoms with van der Waals surface area (Å²) in [5.41, 5.74) is -9.63. The first kappa shape index (κ1) is 61.0. The molecule has 79 heavy (non-hydrogen) atoms. The number of carbonyl (C=O) groups excluding carboxylic acids is 1. The van der Waals surface area contributed by atoms with Crippen molar-refractivity contribution in [2.24, 2.45) is 16.7 Å². The number of fused-ring (bicyclic) bond motifs is 5. The van der Waals surface area contributed by atoms with Crippen molar-refractivity contribution >= 4 is 12.0 Å². The molecule has 0 amide bonds. The summed E-state index contributed by atoms with van der Waals surface area (Å²) in [4.78, 5) is 13.7. The second kappa shape index (κ2) is 23.5. The predicted molar refractivity (Wildman–Crippen MR) is 279 cm³/mol. The van der Waals surface area contributed by atoms with Crippen molar-refractivity contribution in [3.8, 4) is 0 Å². The maximum Gasteiger partial charge on any atom is 0.331 e. The van der Waals surface area contributed by atoms with Crippen LogP contribution < -0.4 is 0 Å². The third kappa shape index (κ3) is 10.6. The highest BCUT2D eigenvalue weighted by Crippen LogP contribution is 2.71. The highest BCUT2D eigenvalue weighted by molar-refractivity contribution is 5.87. The minimum absolute atomic E-state index is 0.0282. The largest absolute Gasteiger partial charge is 0.458 e. The molecule has 0 spiro atoms. The standard InChI is InChI=1S/C58H88O21/c1-30-46(61)51(70-11)47(62)52(74-30)79-50-33(4)73-45(27-39(50)69-10)78-49-32(3)72-44(26-38(49)68-9)77-48-31(2)71-43(25-37(48)67-8)75-36-19-20-53(6)40-28-41(76-42(60)18-17-35-15-13-12-14-16-35)54(7)56(64,34(5)59)23-24-58(54,66)57(40,65)22-21-55(53,63)29-36/h12-18,21-22,30-34,36-41,43-52,59,61-66H,19-20,23-29H2,1-11H3/t30-,31-,32-,33-,34+,36+,37+,38+,39-,40-,41-,43+,44+,45+,46-,47-,48-,49-,50-,51-,52+,53-,54-,55-,56-,57+,58-/m1/s1. The molecule has 21 nitrogen and oxygen atoms in total. The molecule has 21 heteroatoms. The van der Waals surface area contributed by atoms with Crippen LogP contribution in [0.15, 0.2) is 48.6 Å². The summed E-state index contributed by atoms with van der Waals surface area (Å²) in [6, 6.07) is 9.21. The van der Waals surface area contributed by atoms with Gasteiger partial charge in [0.2, 0.25) is 0 Å². The van der Waals surface area contributed by atoms with Gasteiger partial charge in [0, 0.05) is 71.5 Å². The molecule has 0 radical (unpaired) electrons. The van der Waals surface area contributed by atoms with Gasteiger partial charge in [-0.1, -0.05) is 56.3 Å². The summed E-state index contributed by atoms with van der Waals surface area (Å²) < 4.78 is 80.8. The van der Waals surface area contributed by atoms with E-state index in [1.54, 1.807) is 47.3 Å². The van der Waals surface area contributed by atoms with E-state index in [1.165, 1.54) is 26.2 Å². The highest BCUT2D eigenvalue weighted by atomic mass is 16.8. The maximum absolute atomic E-state index is 13.7. The van der Waals surface area contributed by atoms with E-state index in [2.05, 4.69) is 0 Å². The molecule has 27 atom stereocenters. The lowest BCUT2D eigenvalue weighted by Gasteiger charge is -2.68. The number of carbonyl (C=O) groups is 1. The van der Waals surface area contributed by atoms with Gasteiger partial charge in [0.15, 0.2) is 25.2 Å². The molecule has 9 rings (SSSR count). The quantitative estimate of drug-likeness (QED) is 0.0712. The minimum Gasteiger partial charge on any atom is -0.458 e. The third-order valence-electron chi connectivity index (χ3n) is 20.0. The lowest BCUT2D eigenvalue weighted by atomic mass is 9.41. The van der Waals surface area contributed by atoms with E-state index >= 15 is 0 Å². The van der Waals surface area contributed by atoms with Crippen LogP contribution in [0.5, 0.6) is 0 Å². The number of aliphatic hydroxyl groups is 7. The van der Waals surface area contributed by atoms with Gasteiger partial charge in [0.05, 0.1) is 66.0 Å². The topological polar surface area (TPSA) is 279 Å². The Bertz CT molecular complexity index is 2290. The molecule has 7 fully saturated rings. The summed E-state index contributed by atoms with van der Waals surface area (Å²) in [5, 5.41) is 83.6. The van der Waals surface area contributed by atoms with Crippen LogP contribution >= 0.6 is 0 Å². The molecule has 8 aliphatic rings. The molecule has 446 valence electrons. The average molecular weight is 1120 g/mol. The van der Waals surface area contributed by atoms with Gasteiger partial charge in [-0.15, -0.1) is 0 Å². The van der Waals surface area contributed by atoms with E-state index in [0.717, 1.165) is 5.56 Å². The molecule has 1 aromatic rings. The fraction of sp³-hybridized carbons (Fsp3) is 0.810. The Morgan fingerprint density at radius 1 is 0.658 bits per heavy atom. The van der Waals surface area contributed by atoms with Crippen molar-refractivity contribution < 1.29 is 102 Å². The lowest BCUT2D eigenvalue weighted by Crippen LogP contribution is -2.80. The molecular weight excluding hydrogens is 1030 g/mol. The van der Waals surface area contributed by atoms with Gasteiger partial charge < -0.3 is 97.3 Å². The molecule has 0 aromatic heterocycles. The fourth-order valence-electron chi connectivity index (χ4n) is 15.2. The van der Waals surface area contributed by atoms with Crippen molar-refractivity contribution in [1.82, 2.24) is 0 Å². The van der Waals surface area contributed by atoms with Gasteiger partial charge in [0.1, 0.15) is 59.5 Å². The van der Waals surface area contributed by atoms with Crippen molar-refractivity contribution in [3.63, 3.8) is 0 Å². The first-order chi connectivity index (χ1) is 37.3. The minimum atomic E-state index is -2.09. The molecule has 4 saturated heterocycles. The Hall–Kier alpha value is -2.59. The zero-order chi connectivity index (χ0) is 57.2. The maximum atomic E-state index is 13.7. The lowest BCUT2D eigenvalue weighted by molar-refractivity contribution is -0.356. The molecule has 4 aliphatic heterocycles. The van der Waals surface area contributed by atoms with E-state index in [9.17, 15) is 40.5 Å². The molecule has 0 bridgehead atoms. The number of rotatable bonds is 16. The van der Waals surface area contributed by atoms with Crippen LogP contribution in [0.4, 0.5) is 0 Å². The van der Waals surface area contributed by atoms with Crippen molar-refractivity contribution in [2.45, 2.75) is 251 Å². The SMILES string of the molecule is CO[C@H]1[C@@H](O)[C@H](O[C@@H]2[C@@H](C)O[C@@H](O[C@H]3[C@@H](OC)C[C@H](O[C@H]4[C@@H](OC)C[C@H](O[C@H]5CC[C@]6(C)[C@H]7C[C@@H](OC(=O)C=Cc8ccccc8)[C@@]8(C)[C@](O)(CC[C@@]8(O)[C@H](C)O)[C@]7(O)C=C[C@@]6(O)C5)O[C@@H]4C)O[C@@H]3C)C[C@H]2OC)O[C@H](C)[C@H]1O. The van der Waals surface area contributed by atoms with Crippen molar-refractivity contribution in [2.75, 3.05) is 28.4 Å². The van der Waals surface area contributed by atoms with Crippen molar-refractivity contribution in [1.29, 1.82) is 0 Å². The average Bonchev–Trinajstić information content (AvgIpc) is 3.21.